The van der Waals surface area contributed by atoms with E-state index in [9.17, 15) is 9.59 Å². The van der Waals surface area contributed by atoms with E-state index >= 15 is 0 Å². The van der Waals surface area contributed by atoms with Crippen LogP contribution < -0.4 is 10.9 Å². The topological polar surface area (TPSA) is 88.5 Å². The molecule has 5 rings (SSSR count). The maximum atomic E-state index is 12.6. The van der Waals surface area contributed by atoms with Gasteiger partial charge in [-0.15, -0.1) is 0 Å². The van der Waals surface area contributed by atoms with Crippen LogP contribution in [0.2, 0.25) is 0 Å². The zero-order valence-corrected chi connectivity index (χ0v) is 15.7. The van der Waals surface area contributed by atoms with Gasteiger partial charge in [0, 0.05) is 37.2 Å². The first kappa shape index (κ1) is 17.6. The molecule has 7 heteroatoms. The Balaban J connectivity index is 1.48. The second kappa shape index (κ2) is 7.18. The molecule has 0 unspecified atom stereocenters. The lowest BCUT2D eigenvalue weighted by Crippen LogP contribution is -2.39. The van der Waals surface area contributed by atoms with E-state index in [1.807, 2.05) is 42.5 Å². The molecule has 1 amide bonds. The van der Waals surface area contributed by atoms with Crippen molar-refractivity contribution in [2.24, 2.45) is 0 Å². The van der Waals surface area contributed by atoms with E-state index in [1.54, 1.807) is 16.8 Å². The molecule has 4 aromatic rings. The van der Waals surface area contributed by atoms with Crippen LogP contribution in [0.4, 0.5) is 0 Å². The number of carbonyl (C=O) groups excluding carboxylic acids is 1. The number of nitrogens with one attached hydrogen (secondary N) is 2. The summed E-state index contributed by atoms with van der Waals surface area (Å²) in [4.78, 5) is 32.2. The van der Waals surface area contributed by atoms with E-state index in [-0.39, 0.29) is 28.8 Å². The Morgan fingerprint density at radius 3 is 2.72 bits per heavy atom. The molecule has 0 atom stereocenters. The number of H-pyrrole nitrogens is 1. The first-order chi connectivity index (χ1) is 14.2. The van der Waals surface area contributed by atoms with Crippen LogP contribution in [0.25, 0.3) is 27.7 Å². The molecule has 2 aromatic carbocycles. The normalized spacial score (nSPS) is 15.0. The van der Waals surface area contributed by atoms with E-state index < -0.39 is 0 Å². The monoisotopic (exact) mass is 388 g/mol. The summed E-state index contributed by atoms with van der Waals surface area (Å²) in [5.74, 6) is -0.271. The average Bonchev–Trinajstić information content (AvgIpc) is 3.19. The molecule has 3 heterocycles. The van der Waals surface area contributed by atoms with Crippen molar-refractivity contribution in [3.63, 3.8) is 0 Å². The lowest BCUT2D eigenvalue weighted by Gasteiger charge is -2.22. The zero-order chi connectivity index (χ0) is 19.8. The number of hydrogen-bond acceptors (Lipinski definition) is 4. The maximum Gasteiger partial charge on any atom is 0.292 e. The number of hydrogen-bond donors (Lipinski definition) is 2. The standard InChI is InChI=1S/C22H20N4O3/c27-21(23-17-7-9-29-10-8-17)19-13-26-12-18(25-22(28)20(26)24-19)16-6-5-14-3-1-2-4-15(14)11-16/h1-6,11-13,17H,7-10H2,(H,23,27)(H,25,28). The molecule has 7 nitrogen and oxygen atoms in total. The highest BCUT2D eigenvalue weighted by molar-refractivity contribution is 5.93. The van der Waals surface area contributed by atoms with Gasteiger partial charge >= 0.3 is 0 Å². The third-order valence-electron chi connectivity index (χ3n) is 5.30. The van der Waals surface area contributed by atoms with Gasteiger partial charge in [-0.1, -0.05) is 36.4 Å². The van der Waals surface area contributed by atoms with Gasteiger partial charge < -0.3 is 15.0 Å². The quantitative estimate of drug-likeness (QED) is 0.565. The fourth-order valence-electron chi connectivity index (χ4n) is 3.72. The number of ether oxygens (including phenoxy) is 1. The fourth-order valence-corrected chi connectivity index (χ4v) is 3.72. The van der Waals surface area contributed by atoms with Gasteiger partial charge in [-0.3, -0.25) is 14.0 Å². The molecule has 2 N–H and O–H groups in total. The van der Waals surface area contributed by atoms with Crippen LogP contribution in [0.1, 0.15) is 23.3 Å². The number of carbonyl (C=O) groups is 1. The van der Waals surface area contributed by atoms with Crippen LogP contribution in [0.5, 0.6) is 0 Å². The third-order valence-corrected chi connectivity index (χ3v) is 5.30. The molecule has 1 saturated heterocycles. The Morgan fingerprint density at radius 2 is 1.90 bits per heavy atom. The van der Waals surface area contributed by atoms with Gasteiger partial charge in [-0.05, 0) is 29.7 Å². The Bertz CT molecular complexity index is 1270. The highest BCUT2D eigenvalue weighted by Gasteiger charge is 2.19. The van der Waals surface area contributed by atoms with Crippen LogP contribution in [-0.2, 0) is 4.74 Å². The number of rotatable bonds is 3. The molecule has 1 fully saturated rings. The third kappa shape index (κ3) is 3.40. The van der Waals surface area contributed by atoms with E-state index in [2.05, 4.69) is 15.3 Å². The minimum absolute atomic E-state index is 0.0764. The SMILES string of the molecule is O=C(NC1CCOCC1)c1cn2cc(-c3ccc4ccccc4c3)[nH]c(=O)c2n1. The number of fused-ring (bicyclic) bond motifs is 2. The molecular formula is C22H20N4O3. The van der Waals surface area contributed by atoms with Crippen molar-refractivity contribution in [1.82, 2.24) is 19.7 Å². The second-order valence-corrected chi connectivity index (χ2v) is 7.28. The summed E-state index contributed by atoms with van der Waals surface area (Å²) in [6.45, 7) is 1.29. The van der Waals surface area contributed by atoms with E-state index in [0.717, 1.165) is 29.2 Å². The lowest BCUT2D eigenvalue weighted by atomic mass is 10.1. The minimum Gasteiger partial charge on any atom is -0.381 e. The predicted molar refractivity (Wildman–Crippen MR) is 110 cm³/mol. The van der Waals surface area contributed by atoms with Crippen molar-refractivity contribution >= 4 is 22.3 Å². The molecule has 0 aliphatic carbocycles. The van der Waals surface area contributed by atoms with E-state index in [1.165, 1.54) is 0 Å². The first-order valence-electron chi connectivity index (χ1n) is 9.67. The van der Waals surface area contributed by atoms with Crippen molar-refractivity contribution in [3.05, 3.63) is 70.9 Å². The molecule has 29 heavy (non-hydrogen) atoms. The number of aromatic amines is 1. The number of amides is 1. The predicted octanol–water partition coefficient (Wildman–Crippen LogP) is 2.75. The summed E-state index contributed by atoms with van der Waals surface area (Å²) in [6.07, 6.45) is 4.96. The smallest absolute Gasteiger partial charge is 0.292 e. The second-order valence-electron chi connectivity index (χ2n) is 7.28. The van der Waals surface area contributed by atoms with Gasteiger partial charge in [-0.25, -0.2) is 4.98 Å². The zero-order valence-electron chi connectivity index (χ0n) is 15.7. The van der Waals surface area contributed by atoms with Crippen molar-refractivity contribution < 1.29 is 9.53 Å². The summed E-state index contributed by atoms with van der Waals surface area (Å²) in [5.41, 5.74) is 1.66. The van der Waals surface area contributed by atoms with Crippen LogP contribution >= 0.6 is 0 Å². The van der Waals surface area contributed by atoms with Gasteiger partial charge in [0.15, 0.2) is 0 Å². The van der Waals surface area contributed by atoms with Crippen molar-refractivity contribution in [3.8, 4) is 11.3 Å². The van der Waals surface area contributed by atoms with Crippen molar-refractivity contribution in [1.29, 1.82) is 0 Å². The van der Waals surface area contributed by atoms with Gasteiger partial charge in [0.25, 0.3) is 11.5 Å². The Kier molecular flexibility index (Phi) is 4.37. The minimum atomic E-state index is -0.333. The summed E-state index contributed by atoms with van der Waals surface area (Å²) < 4.78 is 6.93. The number of aromatic nitrogens is 3. The molecule has 146 valence electrons. The highest BCUT2D eigenvalue weighted by Crippen LogP contribution is 2.22. The Labute approximate surface area is 166 Å². The van der Waals surface area contributed by atoms with Crippen LogP contribution in [0.15, 0.2) is 59.7 Å². The highest BCUT2D eigenvalue weighted by atomic mass is 16.5. The van der Waals surface area contributed by atoms with Gasteiger partial charge in [0.2, 0.25) is 5.65 Å². The van der Waals surface area contributed by atoms with E-state index in [4.69, 9.17) is 4.74 Å². The first-order valence-corrected chi connectivity index (χ1v) is 9.67. The van der Waals surface area contributed by atoms with Crippen molar-refractivity contribution in [2.75, 3.05) is 13.2 Å². The molecule has 1 aliphatic rings. The number of nitrogens with zero attached hydrogens (tertiary/aromatic N) is 2. The largest absolute Gasteiger partial charge is 0.381 e. The summed E-state index contributed by atoms with van der Waals surface area (Å²) in [7, 11) is 0. The van der Waals surface area contributed by atoms with Gasteiger partial charge in [0.05, 0.1) is 5.69 Å². The van der Waals surface area contributed by atoms with E-state index in [0.29, 0.717) is 18.9 Å². The average molecular weight is 388 g/mol. The van der Waals surface area contributed by atoms with Gasteiger partial charge in [-0.2, -0.15) is 0 Å². The summed E-state index contributed by atoms with van der Waals surface area (Å²) in [5, 5.41) is 5.20. The van der Waals surface area contributed by atoms with Crippen LogP contribution in [0.3, 0.4) is 0 Å². The molecule has 0 spiro atoms. The maximum absolute atomic E-state index is 12.6. The molecular weight excluding hydrogens is 368 g/mol. The molecule has 0 bridgehead atoms. The Morgan fingerprint density at radius 1 is 1.10 bits per heavy atom. The number of benzene rings is 2. The molecule has 1 aliphatic heterocycles. The molecule has 2 aromatic heterocycles. The van der Waals surface area contributed by atoms with Gasteiger partial charge in [0.1, 0.15) is 5.69 Å². The van der Waals surface area contributed by atoms with Crippen LogP contribution in [-0.4, -0.2) is 39.5 Å². The lowest BCUT2D eigenvalue weighted by molar-refractivity contribution is 0.0694. The molecule has 0 radical (unpaired) electrons. The van der Waals surface area contributed by atoms with Crippen molar-refractivity contribution in [2.45, 2.75) is 18.9 Å². The van der Waals surface area contributed by atoms with Crippen LogP contribution in [0, 0.1) is 0 Å². The summed E-state index contributed by atoms with van der Waals surface area (Å²) in [6, 6.07) is 14.2. The number of imidazole rings is 1. The Hall–Kier alpha value is -3.45. The molecule has 0 saturated carbocycles. The summed E-state index contributed by atoms with van der Waals surface area (Å²) >= 11 is 0. The fraction of sp³-hybridized carbons (Fsp3) is 0.227.